The van der Waals surface area contributed by atoms with Crippen LogP contribution in [0.1, 0.15) is 5.56 Å². The average molecular weight is 176 g/mol. The molecular weight excluding hydrogens is 164 g/mol. The molecule has 68 valence electrons. The second kappa shape index (κ2) is 3.09. The van der Waals surface area contributed by atoms with Crippen molar-refractivity contribution in [3.8, 4) is 0 Å². The van der Waals surface area contributed by atoms with Gasteiger partial charge in [-0.15, -0.1) is 0 Å². The van der Waals surface area contributed by atoms with Crippen LogP contribution >= 0.6 is 0 Å². The van der Waals surface area contributed by atoms with E-state index in [4.69, 9.17) is 0 Å². The van der Waals surface area contributed by atoms with Crippen LogP contribution in [0.25, 0.3) is 0 Å². The van der Waals surface area contributed by atoms with E-state index < -0.39 is 0 Å². The number of Topliss-reactive ketones (excluding diaryl/α,β-unsaturated/α-hetero) is 1. The Balaban J connectivity index is 2.38. The lowest BCUT2D eigenvalue weighted by molar-refractivity contribution is -0.117. The summed E-state index contributed by atoms with van der Waals surface area (Å²) >= 11 is 0. The first-order chi connectivity index (χ1) is 6.29. The maximum absolute atomic E-state index is 11.1. The van der Waals surface area contributed by atoms with Crippen LogP contribution in [0.4, 0.5) is 11.4 Å². The molecule has 0 spiro atoms. The van der Waals surface area contributed by atoms with Crippen molar-refractivity contribution >= 4 is 17.2 Å². The SMILES string of the molecule is CNc1ccc2c(c1)CC(=O)CN2. The third-order valence-corrected chi connectivity index (χ3v) is 2.26. The smallest absolute Gasteiger partial charge is 0.156 e. The zero-order chi connectivity index (χ0) is 9.26. The molecule has 13 heavy (non-hydrogen) atoms. The summed E-state index contributed by atoms with van der Waals surface area (Å²) in [6, 6.07) is 6.02. The minimum atomic E-state index is 0.251. The Morgan fingerprint density at radius 2 is 2.31 bits per heavy atom. The van der Waals surface area contributed by atoms with Gasteiger partial charge in [-0.3, -0.25) is 4.79 Å². The number of anilines is 2. The van der Waals surface area contributed by atoms with Gasteiger partial charge >= 0.3 is 0 Å². The van der Waals surface area contributed by atoms with Gasteiger partial charge < -0.3 is 10.6 Å². The van der Waals surface area contributed by atoms with Gasteiger partial charge in [0.15, 0.2) is 5.78 Å². The van der Waals surface area contributed by atoms with Crippen LogP contribution in [-0.2, 0) is 11.2 Å². The Hall–Kier alpha value is -1.51. The first-order valence-electron chi connectivity index (χ1n) is 4.36. The highest BCUT2D eigenvalue weighted by molar-refractivity contribution is 5.90. The van der Waals surface area contributed by atoms with Gasteiger partial charge in [0, 0.05) is 24.8 Å². The lowest BCUT2D eigenvalue weighted by Gasteiger charge is -2.17. The fourth-order valence-corrected chi connectivity index (χ4v) is 1.54. The molecular formula is C10H12N2O. The molecule has 0 saturated heterocycles. The Bertz CT molecular complexity index is 347. The molecule has 1 heterocycles. The summed E-state index contributed by atoms with van der Waals surface area (Å²) in [6.45, 7) is 0.464. The van der Waals surface area contributed by atoms with Gasteiger partial charge in [-0.2, -0.15) is 0 Å². The lowest BCUT2D eigenvalue weighted by atomic mass is 10.0. The number of benzene rings is 1. The number of hydrogen-bond acceptors (Lipinski definition) is 3. The van der Waals surface area contributed by atoms with Gasteiger partial charge in [0.25, 0.3) is 0 Å². The standard InChI is InChI=1S/C10H12N2O/c1-11-8-2-3-10-7(4-8)5-9(13)6-12-10/h2-4,11-12H,5-6H2,1H3. The van der Waals surface area contributed by atoms with E-state index >= 15 is 0 Å². The van der Waals surface area contributed by atoms with Crippen molar-refractivity contribution in [1.82, 2.24) is 0 Å². The summed E-state index contributed by atoms with van der Waals surface area (Å²) in [5.74, 6) is 0.251. The van der Waals surface area contributed by atoms with Crippen molar-refractivity contribution in [2.24, 2.45) is 0 Å². The van der Waals surface area contributed by atoms with Gasteiger partial charge in [0.05, 0.1) is 6.54 Å². The molecule has 2 rings (SSSR count). The molecule has 1 aromatic carbocycles. The van der Waals surface area contributed by atoms with Gasteiger partial charge in [0.2, 0.25) is 0 Å². The Labute approximate surface area is 77.1 Å². The van der Waals surface area contributed by atoms with Crippen molar-refractivity contribution in [2.45, 2.75) is 6.42 Å². The Kier molecular flexibility index (Phi) is 1.93. The zero-order valence-corrected chi connectivity index (χ0v) is 7.55. The maximum atomic E-state index is 11.1. The summed E-state index contributed by atoms with van der Waals surface area (Å²) in [5.41, 5.74) is 3.22. The summed E-state index contributed by atoms with van der Waals surface area (Å²) in [4.78, 5) is 11.1. The van der Waals surface area contributed by atoms with Gasteiger partial charge in [-0.25, -0.2) is 0 Å². The fraction of sp³-hybridized carbons (Fsp3) is 0.300. The number of rotatable bonds is 1. The number of ketones is 1. The summed E-state index contributed by atoms with van der Waals surface area (Å²) in [6.07, 6.45) is 0.553. The Morgan fingerprint density at radius 1 is 1.46 bits per heavy atom. The molecule has 0 aliphatic carbocycles. The van der Waals surface area contributed by atoms with Crippen LogP contribution in [0.3, 0.4) is 0 Å². The predicted molar refractivity (Wildman–Crippen MR) is 53.2 cm³/mol. The minimum absolute atomic E-state index is 0.251. The normalized spacial score (nSPS) is 14.7. The first-order valence-corrected chi connectivity index (χ1v) is 4.36. The van der Waals surface area contributed by atoms with Crippen molar-refractivity contribution in [3.05, 3.63) is 23.8 Å². The largest absolute Gasteiger partial charge is 0.388 e. The van der Waals surface area contributed by atoms with Crippen LogP contribution in [0, 0.1) is 0 Å². The topological polar surface area (TPSA) is 41.1 Å². The molecule has 0 aromatic heterocycles. The van der Waals surface area contributed by atoms with Crippen molar-refractivity contribution < 1.29 is 4.79 Å². The highest BCUT2D eigenvalue weighted by Gasteiger charge is 2.14. The molecule has 1 aliphatic rings. The van der Waals surface area contributed by atoms with E-state index in [0.29, 0.717) is 13.0 Å². The predicted octanol–water partition coefficient (Wildman–Crippen LogP) is 1.27. The molecule has 1 aromatic rings. The van der Waals surface area contributed by atoms with E-state index in [0.717, 1.165) is 16.9 Å². The molecule has 0 bridgehead atoms. The monoisotopic (exact) mass is 176 g/mol. The third kappa shape index (κ3) is 1.49. The van der Waals surface area contributed by atoms with Crippen molar-refractivity contribution in [1.29, 1.82) is 0 Å². The molecule has 0 atom stereocenters. The number of fused-ring (bicyclic) bond motifs is 1. The van der Waals surface area contributed by atoms with E-state index in [9.17, 15) is 4.79 Å². The molecule has 0 radical (unpaired) electrons. The molecule has 0 unspecified atom stereocenters. The molecule has 0 amide bonds. The molecule has 2 N–H and O–H groups in total. The summed E-state index contributed by atoms with van der Waals surface area (Å²) in [5, 5.41) is 6.14. The molecule has 0 fully saturated rings. The fourth-order valence-electron chi connectivity index (χ4n) is 1.54. The number of hydrogen-bond donors (Lipinski definition) is 2. The summed E-state index contributed by atoms with van der Waals surface area (Å²) in [7, 11) is 1.87. The maximum Gasteiger partial charge on any atom is 0.156 e. The zero-order valence-electron chi connectivity index (χ0n) is 7.55. The van der Waals surface area contributed by atoms with Crippen LogP contribution < -0.4 is 10.6 Å². The lowest BCUT2D eigenvalue weighted by Crippen LogP contribution is -2.22. The van der Waals surface area contributed by atoms with Crippen LogP contribution in [0.15, 0.2) is 18.2 Å². The first kappa shape index (κ1) is 8.10. The van der Waals surface area contributed by atoms with E-state index in [1.54, 1.807) is 0 Å². The van der Waals surface area contributed by atoms with E-state index in [1.807, 2.05) is 25.2 Å². The van der Waals surface area contributed by atoms with E-state index in [2.05, 4.69) is 10.6 Å². The number of nitrogens with one attached hydrogen (secondary N) is 2. The van der Waals surface area contributed by atoms with Crippen molar-refractivity contribution in [3.63, 3.8) is 0 Å². The molecule has 3 heteroatoms. The molecule has 1 aliphatic heterocycles. The third-order valence-electron chi connectivity index (χ3n) is 2.26. The van der Waals surface area contributed by atoms with Crippen LogP contribution in [0.2, 0.25) is 0 Å². The Morgan fingerprint density at radius 3 is 3.08 bits per heavy atom. The van der Waals surface area contributed by atoms with Crippen LogP contribution in [0.5, 0.6) is 0 Å². The number of carbonyl (C=O) groups excluding carboxylic acids is 1. The quantitative estimate of drug-likeness (QED) is 0.677. The van der Waals surface area contributed by atoms with E-state index in [-0.39, 0.29) is 5.78 Å². The second-order valence-corrected chi connectivity index (χ2v) is 3.19. The van der Waals surface area contributed by atoms with E-state index in [1.165, 1.54) is 0 Å². The molecule has 3 nitrogen and oxygen atoms in total. The summed E-state index contributed by atoms with van der Waals surface area (Å²) < 4.78 is 0. The number of carbonyl (C=O) groups is 1. The molecule has 0 saturated carbocycles. The van der Waals surface area contributed by atoms with Crippen LogP contribution in [-0.4, -0.2) is 19.4 Å². The average Bonchev–Trinajstić information content (AvgIpc) is 2.16. The van der Waals surface area contributed by atoms with Gasteiger partial charge in [0.1, 0.15) is 0 Å². The van der Waals surface area contributed by atoms with Gasteiger partial charge in [-0.1, -0.05) is 0 Å². The minimum Gasteiger partial charge on any atom is -0.388 e. The van der Waals surface area contributed by atoms with Gasteiger partial charge in [-0.05, 0) is 23.8 Å². The van der Waals surface area contributed by atoms with Crippen molar-refractivity contribution in [2.75, 3.05) is 24.2 Å². The highest BCUT2D eigenvalue weighted by Crippen LogP contribution is 2.23. The highest BCUT2D eigenvalue weighted by atomic mass is 16.1. The second-order valence-electron chi connectivity index (χ2n) is 3.19.